The highest BCUT2D eigenvalue weighted by atomic mass is 32.1. The van der Waals surface area contributed by atoms with E-state index in [0.29, 0.717) is 0 Å². The van der Waals surface area contributed by atoms with Gasteiger partial charge in [-0.3, -0.25) is 0 Å². The van der Waals surface area contributed by atoms with Crippen molar-refractivity contribution in [3.8, 4) is 33.6 Å². The maximum absolute atomic E-state index is 6.46. The molecule has 0 saturated heterocycles. The first kappa shape index (κ1) is 35.1. The van der Waals surface area contributed by atoms with Gasteiger partial charge in [-0.25, -0.2) is 0 Å². The van der Waals surface area contributed by atoms with Crippen LogP contribution < -0.4 is 0 Å². The number of thiophene rings is 1. The van der Waals surface area contributed by atoms with Crippen LogP contribution >= 0.6 is 11.3 Å². The summed E-state index contributed by atoms with van der Waals surface area (Å²) in [6, 6.07) is 68.5. The highest BCUT2D eigenvalue weighted by molar-refractivity contribution is 7.25. The first-order chi connectivity index (χ1) is 31.7. The molecule has 1 saturated carbocycles. The van der Waals surface area contributed by atoms with E-state index in [1.54, 1.807) is 0 Å². The normalized spacial score (nSPS) is 14.7. The SMILES string of the molecule is c1ccc2c(c1)oc1cc(-n3c4ccccc4c4cc5c(cc43)-c3cc(-c4ccc6c7ccccc7n(-c7ccc8sc9ccccc9c8c7)c6c4)ccc3C53CCCCC3)ccc12. The summed E-state index contributed by atoms with van der Waals surface area (Å²) in [5.74, 6) is 0. The fraction of sp³-hybridized carbons (Fsp3) is 0.100. The zero-order valence-electron chi connectivity index (χ0n) is 35.1. The highest BCUT2D eigenvalue weighted by Gasteiger charge is 2.44. The Kier molecular flexibility index (Phi) is 7.04. The number of furan rings is 1. The molecule has 13 aromatic rings. The van der Waals surface area contributed by atoms with Crippen LogP contribution in [-0.2, 0) is 5.41 Å². The van der Waals surface area contributed by atoms with Crippen molar-refractivity contribution in [1.29, 1.82) is 0 Å². The molecule has 4 heterocycles. The monoisotopic (exact) mass is 836 g/mol. The topological polar surface area (TPSA) is 23.0 Å². The van der Waals surface area contributed by atoms with E-state index in [1.165, 1.54) is 135 Å². The zero-order chi connectivity index (χ0) is 41.7. The molecule has 2 aliphatic rings. The molecule has 0 atom stereocenters. The molecule has 9 aromatic carbocycles. The van der Waals surface area contributed by atoms with E-state index in [1.807, 2.05) is 17.4 Å². The molecule has 0 bridgehead atoms. The van der Waals surface area contributed by atoms with Gasteiger partial charge in [0.05, 0.1) is 22.1 Å². The predicted octanol–water partition coefficient (Wildman–Crippen LogP) is 17.0. The lowest BCUT2D eigenvalue weighted by Gasteiger charge is -2.36. The molecule has 4 heteroatoms. The molecule has 4 aromatic heterocycles. The Labute approximate surface area is 373 Å². The minimum absolute atomic E-state index is 0.0207. The van der Waals surface area contributed by atoms with Gasteiger partial charge in [-0.1, -0.05) is 116 Å². The molecule has 3 nitrogen and oxygen atoms in total. The van der Waals surface area contributed by atoms with Gasteiger partial charge in [-0.15, -0.1) is 11.3 Å². The number of rotatable bonds is 3. The Morgan fingerprint density at radius 1 is 0.375 bits per heavy atom. The fourth-order valence-electron chi connectivity index (χ4n) is 12.3. The van der Waals surface area contributed by atoms with Crippen LogP contribution in [0.3, 0.4) is 0 Å². The van der Waals surface area contributed by atoms with Crippen LogP contribution in [-0.4, -0.2) is 9.13 Å². The lowest BCUT2D eigenvalue weighted by atomic mass is 9.67. The van der Waals surface area contributed by atoms with E-state index in [4.69, 9.17) is 4.42 Å². The molecule has 1 fully saturated rings. The van der Waals surface area contributed by atoms with Crippen molar-refractivity contribution >= 4 is 97.1 Å². The number of fused-ring (bicyclic) bond motifs is 17. The van der Waals surface area contributed by atoms with Crippen molar-refractivity contribution < 1.29 is 4.42 Å². The number of hydrogen-bond acceptors (Lipinski definition) is 2. The molecule has 0 amide bonds. The summed E-state index contributed by atoms with van der Waals surface area (Å²) in [4.78, 5) is 0. The van der Waals surface area contributed by atoms with Gasteiger partial charge in [0.15, 0.2) is 0 Å². The maximum Gasteiger partial charge on any atom is 0.137 e. The van der Waals surface area contributed by atoms with Crippen LogP contribution in [0.4, 0.5) is 0 Å². The van der Waals surface area contributed by atoms with Crippen molar-refractivity contribution in [2.75, 3.05) is 0 Å². The van der Waals surface area contributed by atoms with E-state index in [9.17, 15) is 0 Å². The van der Waals surface area contributed by atoms with Crippen molar-refractivity contribution in [2.45, 2.75) is 37.5 Å². The summed E-state index contributed by atoms with van der Waals surface area (Å²) in [7, 11) is 0. The van der Waals surface area contributed by atoms with Gasteiger partial charge in [-0.2, -0.15) is 0 Å². The van der Waals surface area contributed by atoms with Gasteiger partial charge in [0.2, 0.25) is 0 Å². The van der Waals surface area contributed by atoms with Gasteiger partial charge in [0.1, 0.15) is 11.2 Å². The second kappa shape index (κ2) is 12.8. The summed E-state index contributed by atoms with van der Waals surface area (Å²) in [5.41, 5.74) is 17.4. The van der Waals surface area contributed by atoms with E-state index in [2.05, 4.69) is 185 Å². The Balaban J connectivity index is 0.937. The quantitative estimate of drug-likeness (QED) is 0.174. The molecule has 302 valence electrons. The number of aromatic nitrogens is 2. The number of hydrogen-bond donors (Lipinski definition) is 0. The molecule has 2 aliphatic carbocycles. The van der Waals surface area contributed by atoms with Crippen molar-refractivity contribution in [1.82, 2.24) is 9.13 Å². The largest absolute Gasteiger partial charge is 0.456 e. The Morgan fingerprint density at radius 3 is 1.81 bits per heavy atom. The first-order valence-corrected chi connectivity index (χ1v) is 23.6. The lowest BCUT2D eigenvalue weighted by molar-refractivity contribution is 0.353. The molecule has 0 unspecified atom stereocenters. The summed E-state index contributed by atoms with van der Waals surface area (Å²) in [6.07, 6.45) is 6.20. The third-order valence-corrected chi connectivity index (χ3v) is 16.3. The van der Waals surface area contributed by atoms with E-state index < -0.39 is 0 Å². The number of para-hydroxylation sites is 3. The zero-order valence-corrected chi connectivity index (χ0v) is 35.9. The van der Waals surface area contributed by atoms with E-state index in [0.717, 1.165) is 27.6 Å². The third kappa shape index (κ3) is 4.70. The predicted molar refractivity (Wildman–Crippen MR) is 270 cm³/mol. The minimum atomic E-state index is 0.0207. The molecule has 0 radical (unpaired) electrons. The fourth-order valence-corrected chi connectivity index (χ4v) is 13.3. The standard InChI is InChI=1S/C60H40N2OS/c1-10-28-60(29-11-1)50-26-21-36(37-20-24-42-40-12-2-6-16-52(40)61(54(42)31-37)38-23-27-59-49(32-38)45-15-5-9-19-58(45)64-59)30-46(50)47-35-55-48(34-51(47)60)41-13-3-7-17-53(41)62(55)39-22-25-44-43-14-4-8-18-56(43)63-57(44)33-39/h2-9,12-27,30-35H,1,10-11,28-29H2. The molecule has 1 spiro atoms. The van der Waals surface area contributed by atoms with Crippen LogP contribution in [0, 0.1) is 0 Å². The van der Waals surface area contributed by atoms with Gasteiger partial charge in [0.25, 0.3) is 0 Å². The molecule has 64 heavy (non-hydrogen) atoms. The van der Waals surface area contributed by atoms with E-state index >= 15 is 0 Å². The van der Waals surface area contributed by atoms with Crippen LogP contribution in [0.2, 0.25) is 0 Å². The molecule has 0 aliphatic heterocycles. The average molecular weight is 837 g/mol. The van der Waals surface area contributed by atoms with Gasteiger partial charge in [-0.05, 0) is 125 Å². The number of nitrogens with zero attached hydrogens (tertiary/aromatic N) is 2. The summed E-state index contributed by atoms with van der Waals surface area (Å²) in [6.45, 7) is 0. The molecule has 15 rings (SSSR count). The summed E-state index contributed by atoms with van der Waals surface area (Å²) >= 11 is 1.87. The Bertz CT molecular complexity index is 4130. The van der Waals surface area contributed by atoms with Gasteiger partial charge >= 0.3 is 0 Å². The van der Waals surface area contributed by atoms with Crippen LogP contribution in [0.25, 0.3) is 119 Å². The first-order valence-electron chi connectivity index (χ1n) is 22.8. The lowest BCUT2D eigenvalue weighted by Crippen LogP contribution is -2.28. The van der Waals surface area contributed by atoms with E-state index in [-0.39, 0.29) is 5.41 Å². The highest BCUT2D eigenvalue weighted by Crippen LogP contribution is 2.58. The van der Waals surface area contributed by atoms with Crippen molar-refractivity contribution in [3.05, 3.63) is 193 Å². The Morgan fingerprint density at radius 2 is 0.969 bits per heavy atom. The van der Waals surface area contributed by atoms with Crippen molar-refractivity contribution in [2.24, 2.45) is 0 Å². The second-order valence-electron chi connectivity index (χ2n) is 18.3. The smallest absolute Gasteiger partial charge is 0.137 e. The maximum atomic E-state index is 6.46. The summed E-state index contributed by atoms with van der Waals surface area (Å²) < 4.78 is 14.1. The average Bonchev–Trinajstić information content (AvgIpc) is 4.14. The molecule has 0 N–H and O–H groups in total. The second-order valence-corrected chi connectivity index (χ2v) is 19.4. The summed E-state index contributed by atoms with van der Waals surface area (Å²) in [5, 5.41) is 10.1. The Hall–Kier alpha value is -7.40. The van der Waals surface area contributed by atoms with Gasteiger partial charge in [0, 0.05) is 75.3 Å². The van der Waals surface area contributed by atoms with Crippen LogP contribution in [0.15, 0.2) is 186 Å². The molecular weight excluding hydrogens is 797 g/mol. The van der Waals surface area contributed by atoms with Crippen molar-refractivity contribution in [3.63, 3.8) is 0 Å². The third-order valence-electron chi connectivity index (χ3n) is 15.1. The van der Waals surface area contributed by atoms with Crippen LogP contribution in [0.5, 0.6) is 0 Å². The number of benzene rings is 9. The van der Waals surface area contributed by atoms with Crippen LogP contribution in [0.1, 0.15) is 43.2 Å². The van der Waals surface area contributed by atoms with Gasteiger partial charge < -0.3 is 13.6 Å². The molecular formula is C60H40N2OS. The minimum Gasteiger partial charge on any atom is -0.456 e.